The second-order valence-corrected chi connectivity index (χ2v) is 3.96. The minimum atomic E-state index is 0.305. The zero-order chi connectivity index (χ0) is 10.4. The highest BCUT2D eigenvalue weighted by Crippen LogP contribution is 2.24. The highest BCUT2D eigenvalue weighted by Gasteiger charge is 2.14. The fourth-order valence-corrected chi connectivity index (χ4v) is 1.68. The van der Waals surface area contributed by atoms with E-state index in [1.54, 1.807) is 0 Å². The van der Waals surface area contributed by atoms with Gasteiger partial charge in [-0.1, -0.05) is 13.0 Å². The van der Waals surface area contributed by atoms with Crippen molar-refractivity contribution in [1.29, 1.82) is 0 Å². The van der Waals surface area contributed by atoms with E-state index in [2.05, 4.69) is 24.8 Å². The second kappa shape index (κ2) is 5.65. The van der Waals surface area contributed by atoms with Crippen LogP contribution in [0.3, 0.4) is 0 Å². The lowest BCUT2D eigenvalue weighted by Crippen LogP contribution is -2.09. The number of carbonyl (C=O) groups is 1. The van der Waals surface area contributed by atoms with Crippen LogP contribution in [0, 0.1) is 17.8 Å². The second-order valence-electron chi connectivity index (χ2n) is 3.96. The Balaban J connectivity index is 2.40. The molecule has 0 heterocycles. The summed E-state index contributed by atoms with van der Waals surface area (Å²) in [6.07, 6.45) is 6.64. The van der Waals surface area contributed by atoms with Gasteiger partial charge in [0.15, 0.2) is 5.78 Å². The fraction of sp³-hybridized carbons (Fsp3) is 0.615. The lowest BCUT2D eigenvalue weighted by molar-refractivity contribution is -0.115. The summed E-state index contributed by atoms with van der Waals surface area (Å²) in [6.45, 7) is 4.05. The van der Waals surface area contributed by atoms with E-state index in [1.807, 2.05) is 6.92 Å². The molecule has 1 unspecified atom stereocenters. The summed E-state index contributed by atoms with van der Waals surface area (Å²) < 4.78 is 0. The van der Waals surface area contributed by atoms with Gasteiger partial charge in [-0.2, -0.15) is 0 Å². The van der Waals surface area contributed by atoms with Crippen molar-refractivity contribution in [3.8, 4) is 11.8 Å². The van der Waals surface area contributed by atoms with Crippen LogP contribution in [0.25, 0.3) is 0 Å². The Kier molecular flexibility index (Phi) is 4.46. The average molecular weight is 190 g/mol. The Morgan fingerprint density at radius 2 is 2.43 bits per heavy atom. The quantitative estimate of drug-likeness (QED) is 0.625. The van der Waals surface area contributed by atoms with Crippen molar-refractivity contribution < 1.29 is 4.79 Å². The van der Waals surface area contributed by atoms with E-state index in [1.165, 1.54) is 0 Å². The van der Waals surface area contributed by atoms with Gasteiger partial charge in [0.05, 0.1) is 0 Å². The summed E-state index contributed by atoms with van der Waals surface area (Å²) in [4.78, 5) is 11.6. The van der Waals surface area contributed by atoms with E-state index in [4.69, 9.17) is 0 Å². The highest BCUT2D eigenvalue weighted by molar-refractivity contribution is 5.95. The van der Waals surface area contributed by atoms with E-state index in [-0.39, 0.29) is 0 Å². The molecule has 0 saturated heterocycles. The van der Waals surface area contributed by atoms with Crippen molar-refractivity contribution in [3.05, 3.63) is 11.6 Å². The molecule has 0 spiro atoms. The zero-order valence-electron chi connectivity index (χ0n) is 9.10. The Bertz CT molecular complexity index is 288. The van der Waals surface area contributed by atoms with Gasteiger partial charge < -0.3 is 0 Å². The molecule has 0 N–H and O–H groups in total. The van der Waals surface area contributed by atoms with Crippen LogP contribution in [0.2, 0.25) is 0 Å². The zero-order valence-corrected chi connectivity index (χ0v) is 9.10. The van der Waals surface area contributed by atoms with Crippen LogP contribution in [-0.2, 0) is 4.79 Å². The van der Waals surface area contributed by atoms with Crippen molar-refractivity contribution in [1.82, 2.24) is 0 Å². The van der Waals surface area contributed by atoms with E-state index >= 15 is 0 Å². The molecule has 0 aromatic rings. The van der Waals surface area contributed by atoms with Crippen molar-refractivity contribution >= 4 is 5.78 Å². The van der Waals surface area contributed by atoms with E-state index < -0.39 is 0 Å². The first kappa shape index (κ1) is 11.0. The van der Waals surface area contributed by atoms with Crippen LogP contribution in [-0.4, -0.2) is 5.78 Å². The maximum Gasteiger partial charge on any atom is 0.159 e. The maximum absolute atomic E-state index is 11.6. The van der Waals surface area contributed by atoms with E-state index in [9.17, 15) is 4.79 Å². The third-order valence-corrected chi connectivity index (χ3v) is 2.69. The molecule has 1 rings (SSSR count). The molecule has 1 nitrogen and oxygen atoms in total. The fourth-order valence-electron chi connectivity index (χ4n) is 1.68. The molecule has 76 valence electrons. The van der Waals surface area contributed by atoms with Gasteiger partial charge in [0.1, 0.15) is 0 Å². The SMILES string of the molecule is CC#CCCC(=O)C1=CCC(C)CC1. The van der Waals surface area contributed by atoms with Gasteiger partial charge in [0.25, 0.3) is 0 Å². The van der Waals surface area contributed by atoms with Crippen LogP contribution in [0.5, 0.6) is 0 Å². The molecule has 0 aromatic heterocycles. The monoisotopic (exact) mass is 190 g/mol. The summed E-state index contributed by atoms with van der Waals surface area (Å²) >= 11 is 0. The third kappa shape index (κ3) is 3.38. The van der Waals surface area contributed by atoms with Gasteiger partial charge in [-0.05, 0) is 37.7 Å². The van der Waals surface area contributed by atoms with Gasteiger partial charge in [0.2, 0.25) is 0 Å². The number of Topliss-reactive ketones (excluding diaryl/α,β-unsaturated/α-hetero) is 1. The number of hydrogen-bond donors (Lipinski definition) is 0. The van der Waals surface area contributed by atoms with E-state index in [0.717, 1.165) is 30.8 Å². The minimum absolute atomic E-state index is 0.305. The smallest absolute Gasteiger partial charge is 0.159 e. The molecule has 14 heavy (non-hydrogen) atoms. The van der Waals surface area contributed by atoms with Gasteiger partial charge in [0, 0.05) is 12.8 Å². The Morgan fingerprint density at radius 1 is 1.64 bits per heavy atom. The molecule has 1 heteroatoms. The predicted octanol–water partition coefficient (Wildman–Crippen LogP) is 3.11. The molecule has 0 amide bonds. The highest BCUT2D eigenvalue weighted by atomic mass is 16.1. The molecule has 1 atom stereocenters. The summed E-state index contributed by atoms with van der Waals surface area (Å²) in [7, 11) is 0. The first-order valence-electron chi connectivity index (χ1n) is 5.36. The average Bonchev–Trinajstić information content (AvgIpc) is 2.19. The van der Waals surface area contributed by atoms with Crippen molar-refractivity contribution in [2.24, 2.45) is 5.92 Å². The Morgan fingerprint density at radius 3 is 3.00 bits per heavy atom. The lowest BCUT2D eigenvalue weighted by atomic mass is 9.88. The van der Waals surface area contributed by atoms with Crippen molar-refractivity contribution in [2.45, 2.75) is 46.0 Å². The van der Waals surface area contributed by atoms with Crippen LogP contribution >= 0.6 is 0 Å². The van der Waals surface area contributed by atoms with Crippen LogP contribution in [0.15, 0.2) is 11.6 Å². The third-order valence-electron chi connectivity index (χ3n) is 2.69. The molecule has 1 aliphatic carbocycles. The molecular formula is C13H18O. The van der Waals surface area contributed by atoms with Crippen LogP contribution in [0.1, 0.15) is 46.0 Å². The summed E-state index contributed by atoms with van der Waals surface area (Å²) in [5.74, 6) is 6.80. The van der Waals surface area contributed by atoms with Gasteiger partial charge in [-0.15, -0.1) is 11.8 Å². The summed E-state index contributed by atoms with van der Waals surface area (Å²) in [6, 6.07) is 0. The topological polar surface area (TPSA) is 17.1 Å². The number of carbonyl (C=O) groups excluding carboxylic acids is 1. The molecule has 1 aliphatic rings. The Labute approximate surface area is 86.6 Å². The van der Waals surface area contributed by atoms with Gasteiger partial charge in [-0.3, -0.25) is 4.79 Å². The number of ketones is 1. The number of rotatable bonds is 3. The van der Waals surface area contributed by atoms with Crippen LogP contribution in [0.4, 0.5) is 0 Å². The first-order chi connectivity index (χ1) is 6.74. The van der Waals surface area contributed by atoms with Gasteiger partial charge >= 0.3 is 0 Å². The number of allylic oxidation sites excluding steroid dienone is 2. The van der Waals surface area contributed by atoms with E-state index in [0.29, 0.717) is 18.6 Å². The van der Waals surface area contributed by atoms with Crippen molar-refractivity contribution in [3.63, 3.8) is 0 Å². The molecule has 0 aliphatic heterocycles. The lowest BCUT2D eigenvalue weighted by Gasteiger charge is -2.16. The van der Waals surface area contributed by atoms with Crippen molar-refractivity contribution in [2.75, 3.05) is 0 Å². The standard InChI is InChI=1S/C13H18O/c1-3-4-5-6-13(14)12-9-7-11(2)8-10-12/h9,11H,5-8,10H2,1-2H3. The largest absolute Gasteiger partial charge is 0.295 e. The number of hydrogen-bond acceptors (Lipinski definition) is 1. The normalized spacial score (nSPS) is 20.7. The molecule has 0 radical (unpaired) electrons. The Hall–Kier alpha value is -1.03. The maximum atomic E-state index is 11.6. The molecule has 0 saturated carbocycles. The summed E-state index contributed by atoms with van der Waals surface area (Å²) in [5.41, 5.74) is 1.04. The van der Waals surface area contributed by atoms with Gasteiger partial charge in [-0.25, -0.2) is 0 Å². The van der Waals surface area contributed by atoms with Crippen LogP contribution < -0.4 is 0 Å². The molecular weight excluding hydrogens is 172 g/mol. The molecule has 0 bridgehead atoms. The minimum Gasteiger partial charge on any atom is -0.295 e. The molecule has 0 fully saturated rings. The molecule has 0 aromatic carbocycles. The summed E-state index contributed by atoms with van der Waals surface area (Å²) in [5, 5.41) is 0. The predicted molar refractivity (Wildman–Crippen MR) is 58.8 cm³/mol. The first-order valence-corrected chi connectivity index (χ1v) is 5.36.